The van der Waals surface area contributed by atoms with Crippen LogP contribution in [0.5, 0.6) is 0 Å². The highest BCUT2D eigenvalue weighted by Crippen LogP contribution is 2.34. The van der Waals surface area contributed by atoms with Crippen LogP contribution in [0.25, 0.3) is 0 Å². The number of anilines is 1. The minimum absolute atomic E-state index is 0.420. The fourth-order valence-electron chi connectivity index (χ4n) is 1.20. The molecule has 2 nitrogen and oxygen atoms in total. The predicted molar refractivity (Wildman–Crippen MR) is 46.6 cm³/mol. The molecule has 1 atom stereocenters. The number of alkyl halides is 1. The molecule has 4 heteroatoms. The van der Waals surface area contributed by atoms with Gasteiger partial charge >= 0.3 is 0 Å². The van der Waals surface area contributed by atoms with E-state index in [0.717, 1.165) is 4.47 Å². The molecule has 62 valence electrons. The predicted octanol–water partition coefficient (Wildman–Crippen LogP) is 2.41. The molecule has 0 saturated carbocycles. The molecule has 1 aliphatic rings. The number of rotatable bonds is 0. The summed E-state index contributed by atoms with van der Waals surface area (Å²) < 4.78 is 13.8. The summed E-state index contributed by atoms with van der Waals surface area (Å²) in [5.41, 5.74) is 0.977. The lowest BCUT2D eigenvalue weighted by atomic mass is 10.1. The van der Waals surface area contributed by atoms with Gasteiger partial charge in [-0.15, -0.1) is 0 Å². The fraction of sp³-hybridized carbons (Fsp3) is 0.125. The van der Waals surface area contributed by atoms with Crippen LogP contribution in [0.15, 0.2) is 22.7 Å². The van der Waals surface area contributed by atoms with E-state index in [9.17, 15) is 9.18 Å². The van der Waals surface area contributed by atoms with Gasteiger partial charge in [0, 0.05) is 15.7 Å². The zero-order valence-electron chi connectivity index (χ0n) is 5.97. The average molecular weight is 230 g/mol. The molecule has 0 bridgehead atoms. The van der Waals surface area contributed by atoms with E-state index in [0.29, 0.717) is 11.3 Å². The number of carbonyl (C=O) groups is 1. The van der Waals surface area contributed by atoms with Crippen molar-refractivity contribution in [2.45, 2.75) is 6.17 Å². The van der Waals surface area contributed by atoms with E-state index < -0.39 is 12.1 Å². The van der Waals surface area contributed by atoms with Gasteiger partial charge in [-0.25, -0.2) is 4.39 Å². The molecule has 0 spiro atoms. The van der Waals surface area contributed by atoms with Crippen LogP contribution in [-0.4, -0.2) is 5.91 Å². The van der Waals surface area contributed by atoms with Crippen LogP contribution in [0.2, 0.25) is 0 Å². The van der Waals surface area contributed by atoms with Crippen molar-refractivity contribution in [3.63, 3.8) is 0 Å². The van der Waals surface area contributed by atoms with Crippen molar-refractivity contribution in [1.29, 1.82) is 0 Å². The Balaban J connectivity index is 2.54. The molecule has 0 radical (unpaired) electrons. The third-order valence-corrected chi connectivity index (χ3v) is 2.27. The molecule has 0 saturated heterocycles. The molecule has 1 aromatic carbocycles. The number of benzene rings is 1. The van der Waals surface area contributed by atoms with Crippen molar-refractivity contribution < 1.29 is 9.18 Å². The smallest absolute Gasteiger partial charge is 0.263 e. The van der Waals surface area contributed by atoms with Gasteiger partial charge in [-0.2, -0.15) is 0 Å². The van der Waals surface area contributed by atoms with E-state index in [4.69, 9.17) is 0 Å². The van der Waals surface area contributed by atoms with Crippen LogP contribution in [0.1, 0.15) is 11.7 Å². The van der Waals surface area contributed by atoms with Crippen LogP contribution in [-0.2, 0) is 4.79 Å². The van der Waals surface area contributed by atoms with Crippen molar-refractivity contribution in [1.82, 2.24) is 0 Å². The average Bonchev–Trinajstić information content (AvgIpc) is 2.28. The summed E-state index contributed by atoms with van der Waals surface area (Å²) in [5.74, 6) is -0.580. The van der Waals surface area contributed by atoms with Crippen molar-refractivity contribution in [2.75, 3.05) is 5.32 Å². The second-order valence-electron chi connectivity index (χ2n) is 2.58. The van der Waals surface area contributed by atoms with Crippen molar-refractivity contribution in [2.24, 2.45) is 0 Å². The molecule has 0 unspecified atom stereocenters. The molecule has 0 aliphatic carbocycles. The van der Waals surface area contributed by atoms with Gasteiger partial charge in [-0.1, -0.05) is 22.0 Å². The number of hydrogen-bond donors (Lipinski definition) is 1. The van der Waals surface area contributed by atoms with Crippen LogP contribution in [0.3, 0.4) is 0 Å². The maximum atomic E-state index is 13.0. The SMILES string of the molecule is O=C1Nc2cc(Br)ccc2[C@@H]1F. The maximum Gasteiger partial charge on any atom is 0.263 e. The summed E-state index contributed by atoms with van der Waals surface area (Å²) in [7, 11) is 0. The number of carbonyl (C=O) groups excluding carboxylic acids is 1. The summed E-state index contributed by atoms with van der Waals surface area (Å²) in [6.07, 6.45) is -1.51. The zero-order chi connectivity index (χ0) is 8.72. The topological polar surface area (TPSA) is 29.1 Å². The van der Waals surface area contributed by atoms with Gasteiger partial charge < -0.3 is 5.32 Å². The van der Waals surface area contributed by atoms with Crippen LogP contribution >= 0.6 is 15.9 Å². The molecule has 2 rings (SSSR count). The first kappa shape index (κ1) is 7.73. The number of halogens is 2. The van der Waals surface area contributed by atoms with Gasteiger partial charge in [0.1, 0.15) is 0 Å². The largest absolute Gasteiger partial charge is 0.323 e. The molecular formula is C8H5BrFNO. The summed E-state index contributed by atoms with van der Waals surface area (Å²) in [6, 6.07) is 5.00. The third kappa shape index (κ3) is 1.03. The van der Waals surface area contributed by atoms with E-state index >= 15 is 0 Å². The van der Waals surface area contributed by atoms with Crippen LogP contribution in [0.4, 0.5) is 10.1 Å². The van der Waals surface area contributed by atoms with Gasteiger partial charge in [-0.05, 0) is 12.1 Å². The van der Waals surface area contributed by atoms with E-state index in [2.05, 4.69) is 21.2 Å². The molecular weight excluding hydrogens is 225 g/mol. The molecule has 1 aliphatic heterocycles. The fourth-order valence-corrected chi connectivity index (χ4v) is 1.56. The Bertz CT molecular complexity index is 353. The molecule has 1 N–H and O–H groups in total. The minimum Gasteiger partial charge on any atom is -0.323 e. The highest BCUT2D eigenvalue weighted by atomic mass is 79.9. The Kier molecular flexibility index (Phi) is 1.65. The van der Waals surface area contributed by atoms with Gasteiger partial charge in [0.05, 0.1) is 0 Å². The third-order valence-electron chi connectivity index (χ3n) is 1.78. The highest BCUT2D eigenvalue weighted by molar-refractivity contribution is 9.10. The summed E-state index contributed by atoms with van der Waals surface area (Å²) in [5, 5.41) is 2.44. The van der Waals surface area contributed by atoms with Crippen molar-refractivity contribution in [3.8, 4) is 0 Å². The molecule has 0 aromatic heterocycles. The normalized spacial score (nSPS) is 20.5. The zero-order valence-corrected chi connectivity index (χ0v) is 7.56. The van der Waals surface area contributed by atoms with Gasteiger partial charge in [0.2, 0.25) is 6.17 Å². The lowest BCUT2D eigenvalue weighted by Crippen LogP contribution is -2.07. The second kappa shape index (κ2) is 2.55. The lowest BCUT2D eigenvalue weighted by molar-refractivity contribution is -0.120. The quantitative estimate of drug-likeness (QED) is 0.728. The van der Waals surface area contributed by atoms with E-state index in [1.807, 2.05) is 0 Å². The Morgan fingerprint density at radius 2 is 2.25 bits per heavy atom. The Labute approximate surface area is 76.9 Å². The first-order valence-electron chi connectivity index (χ1n) is 3.43. The van der Waals surface area contributed by atoms with Gasteiger partial charge in [-0.3, -0.25) is 4.79 Å². The summed E-state index contributed by atoms with van der Waals surface area (Å²) in [6.45, 7) is 0. The van der Waals surface area contributed by atoms with Crippen LogP contribution in [0, 0.1) is 0 Å². The van der Waals surface area contributed by atoms with Gasteiger partial charge in [0.15, 0.2) is 0 Å². The van der Waals surface area contributed by atoms with Gasteiger partial charge in [0.25, 0.3) is 5.91 Å². The second-order valence-corrected chi connectivity index (χ2v) is 3.50. The summed E-state index contributed by atoms with van der Waals surface area (Å²) in [4.78, 5) is 10.8. The van der Waals surface area contributed by atoms with Crippen molar-refractivity contribution in [3.05, 3.63) is 28.2 Å². The highest BCUT2D eigenvalue weighted by Gasteiger charge is 2.29. The van der Waals surface area contributed by atoms with Crippen LogP contribution < -0.4 is 5.32 Å². The number of hydrogen-bond acceptors (Lipinski definition) is 1. The standard InChI is InChI=1S/C8H5BrFNO/c9-4-1-2-5-6(3-4)11-8(12)7(5)10/h1-3,7H,(H,11,12)/t7-/m0/s1. The minimum atomic E-state index is -1.51. The monoisotopic (exact) mass is 229 g/mol. The Hall–Kier alpha value is -0.900. The first-order chi connectivity index (χ1) is 5.68. The van der Waals surface area contributed by atoms with Crippen molar-refractivity contribution >= 4 is 27.5 Å². The number of nitrogens with one attached hydrogen (secondary N) is 1. The molecule has 1 amide bonds. The molecule has 1 heterocycles. The molecule has 12 heavy (non-hydrogen) atoms. The Morgan fingerprint density at radius 1 is 1.50 bits per heavy atom. The Morgan fingerprint density at radius 3 is 3.00 bits per heavy atom. The van der Waals surface area contributed by atoms with E-state index in [1.165, 1.54) is 0 Å². The molecule has 0 fully saturated rings. The number of amides is 1. The first-order valence-corrected chi connectivity index (χ1v) is 4.22. The van der Waals surface area contributed by atoms with E-state index in [-0.39, 0.29) is 0 Å². The number of fused-ring (bicyclic) bond motifs is 1. The lowest BCUT2D eigenvalue weighted by Gasteiger charge is -1.97. The van der Waals surface area contributed by atoms with E-state index in [1.54, 1.807) is 18.2 Å². The maximum absolute atomic E-state index is 13.0. The summed E-state index contributed by atoms with van der Waals surface area (Å²) >= 11 is 3.23. The molecule has 1 aromatic rings.